The van der Waals surface area contributed by atoms with E-state index in [1.165, 1.54) is 18.9 Å². The van der Waals surface area contributed by atoms with Crippen LogP contribution in [-0.4, -0.2) is 17.4 Å². The Morgan fingerprint density at radius 1 is 1.38 bits per heavy atom. The first-order valence-electron chi connectivity index (χ1n) is 8.44. The highest BCUT2D eigenvalue weighted by Crippen LogP contribution is 2.37. The van der Waals surface area contributed by atoms with E-state index in [9.17, 15) is 19.3 Å². The van der Waals surface area contributed by atoms with Gasteiger partial charge in [-0.2, -0.15) is 4.39 Å². The zero-order chi connectivity index (χ0) is 18.5. The summed E-state index contributed by atoms with van der Waals surface area (Å²) in [5.74, 6) is -0.796. The van der Waals surface area contributed by atoms with Crippen LogP contribution in [-0.2, 0) is 4.79 Å². The minimum absolute atomic E-state index is 0.0396. The highest BCUT2D eigenvalue weighted by Gasteiger charge is 2.28. The molecule has 1 N–H and O–H groups in total. The van der Waals surface area contributed by atoms with Crippen LogP contribution in [0.25, 0.3) is 0 Å². The summed E-state index contributed by atoms with van der Waals surface area (Å²) < 4.78 is 18.9. The first-order valence-corrected chi connectivity index (χ1v) is 9.32. The molecule has 0 radical (unpaired) electrons. The molecule has 6 nitrogen and oxygen atoms in total. The van der Waals surface area contributed by atoms with Crippen molar-refractivity contribution in [3.63, 3.8) is 0 Å². The Hall–Kier alpha value is -2.48. The van der Waals surface area contributed by atoms with Gasteiger partial charge in [0.25, 0.3) is 5.91 Å². The monoisotopic (exact) mass is 378 g/mol. The van der Waals surface area contributed by atoms with Crippen LogP contribution in [0.2, 0.25) is 0 Å². The van der Waals surface area contributed by atoms with Crippen LogP contribution in [0.1, 0.15) is 36.6 Å². The molecular weight excluding hydrogens is 359 g/mol. The van der Waals surface area contributed by atoms with Crippen molar-refractivity contribution in [2.75, 3.05) is 6.61 Å². The maximum atomic E-state index is 13.6. The number of carbonyl (C=O) groups excluding carboxylic acids is 1. The predicted molar refractivity (Wildman–Crippen MR) is 95.7 cm³/mol. The minimum atomic E-state index is -0.990. The molecule has 3 rings (SSSR count). The lowest BCUT2D eigenvalue weighted by molar-refractivity contribution is -0.387. The fraction of sp³-hybridized carbons (Fsp3) is 0.389. The maximum absolute atomic E-state index is 13.6. The van der Waals surface area contributed by atoms with Gasteiger partial charge in [0.1, 0.15) is 5.75 Å². The fourth-order valence-electron chi connectivity index (χ4n) is 3.27. The molecule has 0 saturated heterocycles. The Balaban J connectivity index is 1.60. The topological polar surface area (TPSA) is 81.5 Å². The largest absolute Gasteiger partial charge is 0.484 e. The van der Waals surface area contributed by atoms with Crippen molar-refractivity contribution in [3.8, 4) is 5.75 Å². The van der Waals surface area contributed by atoms with Gasteiger partial charge in [-0.05, 0) is 36.3 Å². The Bertz CT molecular complexity index is 776. The second kappa shape index (κ2) is 8.27. The van der Waals surface area contributed by atoms with Gasteiger partial charge in [0.2, 0.25) is 5.82 Å². The molecular formula is C18H19FN2O4S. The number of amides is 1. The summed E-state index contributed by atoms with van der Waals surface area (Å²) in [4.78, 5) is 23.2. The standard InChI is InChI=1S/C18H19FN2O4S/c19-14-10-13(7-8-15(14)21(23)24)25-11-17(22)20-18(12-4-1-2-5-12)16-6-3-9-26-16/h3,6-10,12,18H,1-2,4-5,11H2,(H,20,22)/t18-/m1/s1. The third-order valence-corrected chi connectivity index (χ3v) is 5.48. The van der Waals surface area contributed by atoms with E-state index in [1.54, 1.807) is 11.3 Å². The average molecular weight is 378 g/mol. The molecule has 1 amide bonds. The molecule has 0 unspecified atom stereocenters. The molecule has 1 heterocycles. The molecule has 1 fully saturated rings. The number of hydrogen-bond donors (Lipinski definition) is 1. The average Bonchev–Trinajstić information content (AvgIpc) is 3.31. The van der Waals surface area contributed by atoms with E-state index < -0.39 is 16.4 Å². The number of rotatable bonds is 7. The third-order valence-electron chi connectivity index (χ3n) is 4.52. The highest BCUT2D eigenvalue weighted by atomic mass is 32.1. The van der Waals surface area contributed by atoms with Crippen molar-refractivity contribution < 1.29 is 18.8 Å². The van der Waals surface area contributed by atoms with Crippen molar-refractivity contribution in [3.05, 3.63) is 56.5 Å². The molecule has 2 aromatic rings. The first-order chi connectivity index (χ1) is 12.5. The van der Waals surface area contributed by atoms with E-state index in [-0.39, 0.29) is 24.3 Å². The van der Waals surface area contributed by atoms with Crippen LogP contribution >= 0.6 is 11.3 Å². The molecule has 0 bridgehead atoms. The van der Waals surface area contributed by atoms with E-state index in [0.29, 0.717) is 5.92 Å². The normalized spacial score (nSPS) is 15.6. The highest BCUT2D eigenvalue weighted by molar-refractivity contribution is 7.10. The predicted octanol–water partition coefficient (Wildman–Crippen LogP) is 4.22. The summed E-state index contributed by atoms with van der Waals surface area (Å²) in [7, 11) is 0. The Morgan fingerprint density at radius 2 is 2.15 bits per heavy atom. The number of benzene rings is 1. The van der Waals surface area contributed by atoms with E-state index >= 15 is 0 Å². The number of ether oxygens (including phenoxy) is 1. The van der Waals surface area contributed by atoms with Crippen LogP contribution < -0.4 is 10.1 Å². The van der Waals surface area contributed by atoms with E-state index in [4.69, 9.17) is 4.74 Å². The van der Waals surface area contributed by atoms with Crippen LogP contribution in [0.5, 0.6) is 5.75 Å². The quantitative estimate of drug-likeness (QED) is 0.578. The number of carbonyl (C=O) groups is 1. The number of nitrogens with one attached hydrogen (secondary N) is 1. The molecule has 1 aliphatic carbocycles. The van der Waals surface area contributed by atoms with Crippen LogP contribution in [0.3, 0.4) is 0 Å². The van der Waals surface area contributed by atoms with Gasteiger partial charge < -0.3 is 10.1 Å². The smallest absolute Gasteiger partial charge is 0.305 e. The molecule has 1 saturated carbocycles. The van der Waals surface area contributed by atoms with Gasteiger partial charge in [0.05, 0.1) is 11.0 Å². The Labute approximate surface area is 154 Å². The molecule has 1 aromatic heterocycles. The lowest BCUT2D eigenvalue weighted by Gasteiger charge is -2.23. The van der Waals surface area contributed by atoms with Gasteiger partial charge in [0, 0.05) is 17.0 Å². The molecule has 1 atom stereocenters. The first kappa shape index (κ1) is 18.3. The summed E-state index contributed by atoms with van der Waals surface area (Å²) in [5.41, 5.74) is -0.624. The van der Waals surface area contributed by atoms with Crippen LogP contribution in [0.4, 0.5) is 10.1 Å². The number of nitro benzene ring substituents is 1. The molecule has 0 aliphatic heterocycles. The minimum Gasteiger partial charge on any atom is -0.484 e. The van der Waals surface area contributed by atoms with Crippen molar-refractivity contribution in [2.45, 2.75) is 31.7 Å². The number of halogens is 1. The van der Waals surface area contributed by atoms with Gasteiger partial charge in [-0.15, -0.1) is 11.3 Å². The van der Waals surface area contributed by atoms with Gasteiger partial charge in [-0.3, -0.25) is 14.9 Å². The zero-order valence-corrected chi connectivity index (χ0v) is 14.8. The fourth-order valence-corrected chi connectivity index (χ4v) is 4.14. The van der Waals surface area contributed by atoms with Gasteiger partial charge >= 0.3 is 5.69 Å². The summed E-state index contributed by atoms with van der Waals surface area (Å²) in [5, 5.41) is 15.6. The Morgan fingerprint density at radius 3 is 2.77 bits per heavy atom. The second-order valence-electron chi connectivity index (χ2n) is 6.26. The van der Waals surface area contributed by atoms with E-state index in [1.807, 2.05) is 17.5 Å². The zero-order valence-electron chi connectivity index (χ0n) is 14.0. The molecule has 26 heavy (non-hydrogen) atoms. The van der Waals surface area contributed by atoms with Crippen molar-refractivity contribution in [2.24, 2.45) is 5.92 Å². The molecule has 0 spiro atoms. The second-order valence-corrected chi connectivity index (χ2v) is 7.24. The number of nitro groups is 1. The third kappa shape index (κ3) is 4.37. The summed E-state index contributed by atoms with van der Waals surface area (Å²) in [6.07, 6.45) is 4.50. The Kier molecular flexibility index (Phi) is 5.82. The molecule has 1 aromatic carbocycles. The van der Waals surface area contributed by atoms with Crippen molar-refractivity contribution in [1.29, 1.82) is 0 Å². The summed E-state index contributed by atoms with van der Waals surface area (Å²) in [6, 6.07) is 7.16. The maximum Gasteiger partial charge on any atom is 0.305 e. The molecule has 1 aliphatic rings. The molecule has 138 valence electrons. The summed E-state index contributed by atoms with van der Waals surface area (Å²) >= 11 is 1.61. The van der Waals surface area contributed by atoms with Crippen molar-refractivity contribution in [1.82, 2.24) is 5.32 Å². The van der Waals surface area contributed by atoms with Gasteiger partial charge in [0.15, 0.2) is 6.61 Å². The van der Waals surface area contributed by atoms with Crippen LogP contribution in [0, 0.1) is 21.8 Å². The lowest BCUT2D eigenvalue weighted by atomic mass is 9.96. The summed E-state index contributed by atoms with van der Waals surface area (Å²) in [6.45, 7) is -0.272. The number of thiophene rings is 1. The van der Waals surface area contributed by atoms with E-state index in [0.717, 1.165) is 29.9 Å². The van der Waals surface area contributed by atoms with Crippen LogP contribution in [0.15, 0.2) is 35.7 Å². The van der Waals surface area contributed by atoms with Gasteiger partial charge in [-0.1, -0.05) is 18.9 Å². The lowest BCUT2D eigenvalue weighted by Crippen LogP contribution is -2.35. The number of hydrogen-bond acceptors (Lipinski definition) is 5. The molecule has 8 heteroatoms. The van der Waals surface area contributed by atoms with E-state index in [2.05, 4.69) is 5.32 Å². The van der Waals surface area contributed by atoms with Crippen molar-refractivity contribution >= 4 is 22.9 Å². The SMILES string of the molecule is O=C(COc1ccc([N+](=O)[O-])c(F)c1)N[C@@H](c1cccs1)C1CCCC1. The van der Waals surface area contributed by atoms with Gasteiger partial charge in [-0.25, -0.2) is 0 Å². The number of nitrogens with zero attached hydrogens (tertiary/aromatic N) is 1.